The van der Waals surface area contributed by atoms with Crippen molar-refractivity contribution in [2.75, 3.05) is 46.3 Å². The summed E-state index contributed by atoms with van der Waals surface area (Å²) < 4.78 is 23.4. The highest BCUT2D eigenvalue weighted by atomic mass is 32.2. The van der Waals surface area contributed by atoms with Crippen LogP contribution in [0.2, 0.25) is 0 Å². The van der Waals surface area contributed by atoms with Crippen molar-refractivity contribution in [2.45, 2.75) is 37.6 Å². The first-order valence-corrected chi connectivity index (χ1v) is 15.8. The topological polar surface area (TPSA) is 155 Å². The summed E-state index contributed by atoms with van der Waals surface area (Å²) in [6.07, 6.45) is 2.85. The molecule has 1 saturated heterocycles. The van der Waals surface area contributed by atoms with Gasteiger partial charge in [0.05, 0.1) is 10.6 Å². The van der Waals surface area contributed by atoms with Gasteiger partial charge in [0.25, 0.3) is 0 Å². The molecule has 1 aromatic carbocycles. The van der Waals surface area contributed by atoms with Crippen molar-refractivity contribution in [2.24, 2.45) is 5.14 Å². The number of aromatic nitrogens is 3. The van der Waals surface area contributed by atoms with Crippen LogP contribution >= 0.6 is 23.1 Å². The molecule has 2 aromatic heterocycles. The molecule has 3 aromatic rings. The van der Waals surface area contributed by atoms with E-state index < -0.39 is 16.0 Å². The quantitative estimate of drug-likeness (QED) is 0.380. The summed E-state index contributed by atoms with van der Waals surface area (Å²) in [5.74, 6) is 3.14. The monoisotopic (exact) mass is 575 g/mol. The number of hydrogen-bond donors (Lipinski definition) is 3. The fraction of sp³-hybridized carbons (Fsp3) is 0.417. The van der Waals surface area contributed by atoms with Crippen molar-refractivity contribution in [1.82, 2.24) is 15.0 Å². The second kappa shape index (κ2) is 11.0. The van der Waals surface area contributed by atoms with E-state index in [4.69, 9.17) is 15.1 Å². The summed E-state index contributed by atoms with van der Waals surface area (Å²) in [7, 11) is -3.76. The van der Waals surface area contributed by atoms with Gasteiger partial charge in [-0.2, -0.15) is 21.7 Å². The van der Waals surface area contributed by atoms with E-state index in [0.29, 0.717) is 23.3 Å². The Morgan fingerprint density at radius 1 is 1.08 bits per heavy atom. The van der Waals surface area contributed by atoms with Gasteiger partial charge in [-0.3, -0.25) is 5.32 Å². The molecule has 0 saturated carbocycles. The number of thioether (sulfide) groups is 1. The lowest BCUT2D eigenvalue weighted by atomic mass is 10.1. The summed E-state index contributed by atoms with van der Waals surface area (Å²) in [6.45, 7) is 4.78. The standard InChI is InChI=1S/C24H29N7O4S3/c1-15-19(22(32)33)37-24(26-15)29-23-27-20(30-10-12-36-13-11-30)18-4-2-3-9-31(21(18)28-23)14-16-5-7-17(8-6-16)38(25,34)35/h5-8H,2-4,9-14H2,1H3,(H,32,33)(H2,25,34,35)(H,26,27,28,29). The average molecular weight is 576 g/mol. The number of aryl methyl sites for hydroxylation is 1. The Bertz CT molecular complexity index is 1440. The van der Waals surface area contributed by atoms with Gasteiger partial charge in [0, 0.05) is 43.2 Å². The number of nitrogens with zero attached hydrogens (tertiary/aromatic N) is 5. The van der Waals surface area contributed by atoms with Crippen LogP contribution in [-0.2, 0) is 23.0 Å². The van der Waals surface area contributed by atoms with Crippen LogP contribution in [-0.4, -0.2) is 65.6 Å². The van der Waals surface area contributed by atoms with Gasteiger partial charge in [-0.05, 0) is 43.9 Å². The maximum Gasteiger partial charge on any atom is 0.347 e. The normalized spacial score (nSPS) is 16.2. The minimum atomic E-state index is -3.76. The number of benzene rings is 1. The molecule has 38 heavy (non-hydrogen) atoms. The molecule has 2 aliphatic rings. The molecular weight excluding hydrogens is 547 g/mol. The molecular formula is C24H29N7O4S3. The average Bonchev–Trinajstić information content (AvgIpc) is 3.14. The maximum absolute atomic E-state index is 11.7. The Morgan fingerprint density at radius 2 is 1.79 bits per heavy atom. The van der Waals surface area contributed by atoms with E-state index in [9.17, 15) is 18.3 Å². The van der Waals surface area contributed by atoms with Crippen LogP contribution in [0.25, 0.3) is 0 Å². The van der Waals surface area contributed by atoms with Crippen molar-refractivity contribution in [3.8, 4) is 0 Å². The van der Waals surface area contributed by atoms with Gasteiger partial charge in [0.1, 0.15) is 16.5 Å². The molecule has 0 unspecified atom stereocenters. The van der Waals surface area contributed by atoms with E-state index in [1.54, 1.807) is 19.1 Å². The molecule has 0 aliphatic carbocycles. The number of rotatable bonds is 7. The van der Waals surface area contributed by atoms with Gasteiger partial charge in [0.2, 0.25) is 16.0 Å². The fourth-order valence-electron chi connectivity index (χ4n) is 4.65. The zero-order valence-corrected chi connectivity index (χ0v) is 23.3. The summed E-state index contributed by atoms with van der Waals surface area (Å²) in [5, 5.41) is 18.3. The third kappa shape index (κ3) is 5.87. The van der Waals surface area contributed by atoms with Crippen LogP contribution in [0.3, 0.4) is 0 Å². The number of carbonyl (C=O) groups is 1. The lowest BCUT2D eigenvalue weighted by Gasteiger charge is -2.31. The molecule has 5 rings (SSSR count). The molecule has 202 valence electrons. The lowest BCUT2D eigenvalue weighted by molar-refractivity contribution is 0.0701. The van der Waals surface area contributed by atoms with Crippen LogP contribution in [0.15, 0.2) is 29.2 Å². The number of sulfonamides is 1. The van der Waals surface area contributed by atoms with E-state index in [2.05, 4.69) is 20.1 Å². The molecule has 0 atom stereocenters. The molecule has 0 radical (unpaired) electrons. The minimum Gasteiger partial charge on any atom is -0.477 e. The SMILES string of the molecule is Cc1nc(Nc2nc(N3CCSCC3)c3c(n2)N(Cc2ccc(S(N)(=O)=O)cc2)CCCC3)sc1C(=O)O. The molecule has 0 amide bonds. The number of carboxylic acids is 1. The Kier molecular flexibility index (Phi) is 7.75. The zero-order chi connectivity index (χ0) is 26.9. The summed E-state index contributed by atoms with van der Waals surface area (Å²) >= 11 is 2.99. The van der Waals surface area contributed by atoms with Gasteiger partial charge < -0.3 is 14.9 Å². The number of hydrogen-bond acceptors (Lipinski definition) is 11. The third-order valence-electron chi connectivity index (χ3n) is 6.51. The first-order chi connectivity index (χ1) is 18.2. The third-order valence-corrected chi connectivity index (χ3v) is 9.45. The van der Waals surface area contributed by atoms with E-state index in [1.807, 2.05) is 11.8 Å². The molecule has 4 N–H and O–H groups in total. The second-order valence-electron chi connectivity index (χ2n) is 9.20. The Labute approximate surface area is 229 Å². The predicted octanol–water partition coefficient (Wildman–Crippen LogP) is 3.23. The maximum atomic E-state index is 11.7. The molecule has 2 aliphatic heterocycles. The van der Waals surface area contributed by atoms with Crippen molar-refractivity contribution in [3.05, 3.63) is 46.0 Å². The first kappa shape index (κ1) is 26.7. The van der Waals surface area contributed by atoms with Crippen LogP contribution in [0, 0.1) is 6.92 Å². The smallest absolute Gasteiger partial charge is 0.347 e. The van der Waals surface area contributed by atoms with Crippen molar-refractivity contribution in [1.29, 1.82) is 0 Å². The van der Waals surface area contributed by atoms with Gasteiger partial charge in [-0.15, -0.1) is 0 Å². The van der Waals surface area contributed by atoms with Crippen molar-refractivity contribution in [3.63, 3.8) is 0 Å². The molecule has 0 spiro atoms. The number of carboxylic acid groups (broad SMARTS) is 1. The van der Waals surface area contributed by atoms with Gasteiger partial charge in [-0.25, -0.2) is 23.3 Å². The van der Waals surface area contributed by atoms with Crippen LogP contribution in [0.1, 0.15) is 39.3 Å². The largest absolute Gasteiger partial charge is 0.477 e. The number of thiazole rings is 1. The summed E-state index contributed by atoms with van der Waals surface area (Å²) in [6, 6.07) is 6.61. The highest BCUT2D eigenvalue weighted by Gasteiger charge is 2.27. The molecule has 11 nitrogen and oxygen atoms in total. The van der Waals surface area contributed by atoms with Gasteiger partial charge >= 0.3 is 5.97 Å². The second-order valence-corrected chi connectivity index (χ2v) is 13.0. The highest BCUT2D eigenvalue weighted by molar-refractivity contribution is 7.99. The molecule has 1 fully saturated rings. The molecule has 4 heterocycles. The lowest BCUT2D eigenvalue weighted by Crippen LogP contribution is -2.35. The van der Waals surface area contributed by atoms with Crippen molar-refractivity contribution >= 4 is 61.8 Å². The number of fused-ring (bicyclic) bond motifs is 1. The Hall–Kier alpha value is -2.94. The number of primary sulfonamides is 1. The number of nitrogens with one attached hydrogen (secondary N) is 1. The number of aromatic carboxylic acids is 1. The predicted molar refractivity (Wildman–Crippen MR) is 150 cm³/mol. The van der Waals surface area contributed by atoms with Crippen molar-refractivity contribution < 1.29 is 18.3 Å². The summed E-state index contributed by atoms with van der Waals surface area (Å²) in [5.41, 5.74) is 2.48. The van der Waals surface area contributed by atoms with E-state index in [1.165, 1.54) is 12.1 Å². The number of nitrogens with two attached hydrogens (primary N) is 1. The van der Waals surface area contributed by atoms with E-state index in [0.717, 1.165) is 84.5 Å². The molecule has 14 heteroatoms. The van der Waals surface area contributed by atoms with E-state index in [-0.39, 0.29) is 9.77 Å². The van der Waals surface area contributed by atoms with Crippen LogP contribution in [0.5, 0.6) is 0 Å². The highest BCUT2D eigenvalue weighted by Crippen LogP contribution is 2.36. The summed E-state index contributed by atoms with van der Waals surface area (Å²) in [4.78, 5) is 30.5. The first-order valence-electron chi connectivity index (χ1n) is 12.3. The van der Waals surface area contributed by atoms with Gasteiger partial charge in [0.15, 0.2) is 5.13 Å². The van der Waals surface area contributed by atoms with Crippen LogP contribution < -0.4 is 20.3 Å². The minimum absolute atomic E-state index is 0.0797. The number of anilines is 4. The Morgan fingerprint density at radius 3 is 2.45 bits per heavy atom. The zero-order valence-electron chi connectivity index (χ0n) is 20.9. The van der Waals surface area contributed by atoms with E-state index >= 15 is 0 Å². The Balaban J connectivity index is 1.53. The van der Waals surface area contributed by atoms with Crippen LogP contribution in [0.4, 0.5) is 22.7 Å². The fourth-order valence-corrected chi connectivity index (χ4v) is 6.87. The molecule has 0 bridgehead atoms. The van der Waals surface area contributed by atoms with Gasteiger partial charge in [-0.1, -0.05) is 23.5 Å².